The number of hydrogen-bond donors (Lipinski definition) is 1. The van der Waals surface area contributed by atoms with Crippen molar-refractivity contribution in [3.05, 3.63) is 53.0 Å². The van der Waals surface area contributed by atoms with Crippen molar-refractivity contribution in [2.75, 3.05) is 11.4 Å². The predicted octanol–water partition coefficient (Wildman–Crippen LogP) is 3.76. The minimum absolute atomic E-state index is 0.357. The Labute approximate surface area is 149 Å². The van der Waals surface area contributed by atoms with E-state index in [0.717, 1.165) is 49.4 Å². The maximum absolute atomic E-state index is 10.7. The summed E-state index contributed by atoms with van der Waals surface area (Å²) in [5.74, 6) is 2.02. The maximum atomic E-state index is 10.7. The van der Waals surface area contributed by atoms with E-state index < -0.39 is 6.10 Å². The second kappa shape index (κ2) is 7.12. The summed E-state index contributed by atoms with van der Waals surface area (Å²) in [6.07, 6.45) is 7.29. The average Bonchev–Trinajstić information content (AvgIpc) is 3.09. The lowest BCUT2D eigenvalue weighted by atomic mass is 9.95. The predicted molar refractivity (Wildman–Crippen MR) is 99.8 cm³/mol. The van der Waals surface area contributed by atoms with Crippen molar-refractivity contribution < 1.29 is 5.11 Å². The standard InChI is InChI=1S/C21H27N3O/c1-15-22-19-12-6-5-11-18(19)21(23-15)24-13-7-10-17(24)14-20(25)16-8-3-2-4-9-16/h2-4,8-9,17,20,25H,5-7,10-14H2,1H3. The normalized spacial score (nSPS) is 21.2. The number of hydrogen-bond acceptors (Lipinski definition) is 4. The third-order valence-electron chi connectivity index (χ3n) is 5.60. The number of rotatable bonds is 4. The molecule has 2 aliphatic rings. The van der Waals surface area contributed by atoms with Crippen molar-refractivity contribution in [3.8, 4) is 0 Å². The molecular formula is C21H27N3O. The smallest absolute Gasteiger partial charge is 0.136 e. The second-order valence-electron chi connectivity index (χ2n) is 7.38. The topological polar surface area (TPSA) is 49.2 Å². The Balaban J connectivity index is 1.59. The average molecular weight is 337 g/mol. The fourth-order valence-corrected chi connectivity index (χ4v) is 4.36. The van der Waals surface area contributed by atoms with Crippen LogP contribution >= 0.6 is 0 Å². The first-order valence-electron chi connectivity index (χ1n) is 9.58. The first-order valence-corrected chi connectivity index (χ1v) is 9.58. The van der Waals surface area contributed by atoms with Crippen LogP contribution in [0.1, 0.15) is 60.9 Å². The molecule has 4 nitrogen and oxygen atoms in total. The molecule has 0 spiro atoms. The summed E-state index contributed by atoms with van der Waals surface area (Å²) < 4.78 is 0. The van der Waals surface area contributed by atoms with Gasteiger partial charge in [-0.3, -0.25) is 0 Å². The van der Waals surface area contributed by atoms with Crippen molar-refractivity contribution in [2.45, 2.75) is 64.0 Å². The van der Waals surface area contributed by atoms with Crippen LogP contribution in [-0.2, 0) is 12.8 Å². The van der Waals surface area contributed by atoms with E-state index in [4.69, 9.17) is 9.97 Å². The van der Waals surface area contributed by atoms with Gasteiger partial charge < -0.3 is 10.0 Å². The number of aryl methyl sites for hydroxylation is 2. The number of benzene rings is 1. The molecule has 1 aromatic heterocycles. The molecule has 0 saturated carbocycles. The minimum Gasteiger partial charge on any atom is -0.388 e. The van der Waals surface area contributed by atoms with Crippen molar-refractivity contribution in [1.29, 1.82) is 0 Å². The molecule has 1 aliphatic carbocycles. The molecule has 2 heterocycles. The van der Waals surface area contributed by atoms with E-state index in [1.165, 1.54) is 30.5 Å². The van der Waals surface area contributed by atoms with Crippen LogP contribution in [0.25, 0.3) is 0 Å². The molecule has 1 aliphatic heterocycles. The maximum Gasteiger partial charge on any atom is 0.136 e. The molecule has 0 amide bonds. The number of aliphatic hydroxyl groups excluding tert-OH is 1. The molecule has 4 heteroatoms. The highest BCUT2D eigenvalue weighted by Gasteiger charge is 2.31. The number of nitrogens with zero attached hydrogens (tertiary/aromatic N) is 3. The number of aliphatic hydroxyl groups is 1. The highest BCUT2D eigenvalue weighted by atomic mass is 16.3. The van der Waals surface area contributed by atoms with Crippen molar-refractivity contribution in [3.63, 3.8) is 0 Å². The van der Waals surface area contributed by atoms with Crippen LogP contribution in [-0.4, -0.2) is 27.7 Å². The number of fused-ring (bicyclic) bond motifs is 1. The zero-order chi connectivity index (χ0) is 17.2. The van der Waals surface area contributed by atoms with Crippen LogP contribution in [0.2, 0.25) is 0 Å². The van der Waals surface area contributed by atoms with E-state index in [9.17, 15) is 5.11 Å². The lowest BCUT2D eigenvalue weighted by Gasteiger charge is -2.31. The van der Waals surface area contributed by atoms with Crippen molar-refractivity contribution >= 4 is 5.82 Å². The van der Waals surface area contributed by atoms with Gasteiger partial charge in [0, 0.05) is 23.8 Å². The summed E-state index contributed by atoms with van der Waals surface area (Å²) in [6, 6.07) is 10.4. The SMILES string of the molecule is Cc1nc2c(c(N3CCCC3CC(O)c3ccccc3)n1)CCCC2. The van der Waals surface area contributed by atoms with Gasteiger partial charge in [-0.25, -0.2) is 9.97 Å². The molecule has 1 aromatic carbocycles. The minimum atomic E-state index is -0.412. The van der Waals surface area contributed by atoms with Crippen LogP contribution < -0.4 is 4.90 Å². The van der Waals surface area contributed by atoms with Gasteiger partial charge in [0.05, 0.1) is 6.10 Å². The Hall–Kier alpha value is -1.94. The van der Waals surface area contributed by atoms with Crippen molar-refractivity contribution in [1.82, 2.24) is 9.97 Å². The molecule has 2 atom stereocenters. The summed E-state index contributed by atoms with van der Waals surface area (Å²) >= 11 is 0. The molecule has 1 saturated heterocycles. The largest absolute Gasteiger partial charge is 0.388 e. The van der Waals surface area contributed by atoms with E-state index in [0.29, 0.717) is 6.04 Å². The van der Waals surface area contributed by atoms with Crippen molar-refractivity contribution in [2.24, 2.45) is 0 Å². The zero-order valence-electron chi connectivity index (χ0n) is 15.0. The molecule has 2 aromatic rings. The summed E-state index contributed by atoms with van der Waals surface area (Å²) in [6.45, 7) is 3.04. The molecule has 1 fully saturated rings. The fraction of sp³-hybridized carbons (Fsp3) is 0.524. The van der Waals surface area contributed by atoms with E-state index in [2.05, 4.69) is 4.90 Å². The molecular weight excluding hydrogens is 310 g/mol. The Kier molecular flexibility index (Phi) is 4.71. The Bertz CT molecular complexity index is 731. The first kappa shape index (κ1) is 16.5. The monoisotopic (exact) mass is 337 g/mol. The molecule has 25 heavy (non-hydrogen) atoms. The highest BCUT2D eigenvalue weighted by Crippen LogP contribution is 2.35. The number of aromatic nitrogens is 2. The van der Waals surface area contributed by atoms with E-state index in [-0.39, 0.29) is 0 Å². The van der Waals surface area contributed by atoms with Crippen LogP contribution in [0, 0.1) is 6.92 Å². The lowest BCUT2D eigenvalue weighted by Crippen LogP contribution is -2.33. The number of anilines is 1. The van der Waals surface area contributed by atoms with Gasteiger partial charge in [-0.15, -0.1) is 0 Å². The van der Waals surface area contributed by atoms with Gasteiger partial charge in [0.25, 0.3) is 0 Å². The summed E-state index contributed by atoms with van der Waals surface area (Å²) in [5, 5.41) is 10.7. The van der Waals surface area contributed by atoms with Gasteiger partial charge in [-0.2, -0.15) is 0 Å². The lowest BCUT2D eigenvalue weighted by molar-refractivity contribution is 0.158. The molecule has 0 bridgehead atoms. The van der Waals surface area contributed by atoms with Gasteiger partial charge in [0.15, 0.2) is 0 Å². The Morgan fingerprint density at radius 3 is 2.76 bits per heavy atom. The van der Waals surface area contributed by atoms with Crippen LogP contribution in [0.5, 0.6) is 0 Å². The molecule has 2 unspecified atom stereocenters. The van der Waals surface area contributed by atoms with Crippen LogP contribution in [0.15, 0.2) is 30.3 Å². The molecule has 0 radical (unpaired) electrons. The summed E-state index contributed by atoms with van der Waals surface area (Å²) in [5.41, 5.74) is 3.62. The van der Waals surface area contributed by atoms with Gasteiger partial charge in [0.1, 0.15) is 11.6 Å². The van der Waals surface area contributed by atoms with E-state index in [1.54, 1.807) is 0 Å². The van der Waals surface area contributed by atoms with Crippen LogP contribution in [0.4, 0.5) is 5.82 Å². The highest BCUT2D eigenvalue weighted by molar-refractivity contribution is 5.52. The third kappa shape index (κ3) is 3.40. The van der Waals surface area contributed by atoms with Gasteiger partial charge in [-0.05, 0) is 57.4 Å². The van der Waals surface area contributed by atoms with Gasteiger partial charge in [-0.1, -0.05) is 30.3 Å². The third-order valence-corrected chi connectivity index (χ3v) is 5.60. The zero-order valence-corrected chi connectivity index (χ0v) is 15.0. The second-order valence-corrected chi connectivity index (χ2v) is 7.38. The molecule has 4 rings (SSSR count). The fourth-order valence-electron chi connectivity index (χ4n) is 4.36. The summed E-state index contributed by atoms with van der Waals surface area (Å²) in [7, 11) is 0. The summed E-state index contributed by atoms with van der Waals surface area (Å²) in [4.78, 5) is 12.0. The Morgan fingerprint density at radius 2 is 1.92 bits per heavy atom. The first-order chi connectivity index (χ1) is 12.2. The van der Waals surface area contributed by atoms with Gasteiger partial charge in [0.2, 0.25) is 0 Å². The van der Waals surface area contributed by atoms with E-state index in [1.807, 2.05) is 37.3 Å². The van der Waals surface area contributed by atoms with E-state index >= 15 is 0 Å². The quantitative estimate of drug-likeness (QED) is 0.923. The molecule has 1 N–H and O–H groups in total. The Morgan fingerprint density at radius 1 is 1.12 bits per heavy atom. The van der Waals surface area contributed by atoms with Crippen LogP contribution in [0.3, 0.4) is 0 Å². The van der Waals surface area contributed by atoms with Gasteiger partial charge >= 0.3 is 0 Å². The molecule has 132 valence electrons.